The summed E-state index contributed by atoms with van der Waals surface area (Å²) in [6.07, 6.45) is 1.01. The lowest BCUT2D eigenvalue weighted by Crippen LogP contribution is -2.13. The van der Waals surface area contributed by atoms with E-state index in [9.17, 15) is 0 Å². The molecule has 0 aliphatic carbocycles. The topological polar surface area (TPSA) is 86.0 Å². The van der Waals surface area contributed by atoms with Crippen molar-refractivity contribution in [1.29, 1.82) is 0 Å². The van der Waals surface area contributed by atoms with Crippen LogP contribution in [0.5, 0.6) is 6.01 Å². The quantitative estimate of drug-likeness (QED) is 0.851. The number of rotatable bonds is 6. The van der Waals surface area contributed by atoms with Crippen LogP contribution in [-0.4, -0.2) is 21.1 Å². The Morgan fingerprint density at radius 2 is 2.15 bits per heavy atom. The molecule has 0 atom stereocenters. The number of hydrogen-bond donors (Lipinski definition) is 2. The van der Waals surface area contributed by atoms with E-state index in [4.69, 9.17) is 10.5 Å². The van der Waals surface area contributed by atoms with E-state index in [2.05, 4.69) is 38.6 Å². The molecule has 0 saturated carbocycles. The van der Waals surface area contributed by atoms with Crippen LogP contribution >= 0.6 is 11.3 Å². The van der Waals surface area contributed by atoms with Crippen molar-refractivity contribution in [3.8, 4) is 6.01 Å². The Morgan fingerprint density at radius 3 is 2.85 bits per heavy atom. The molecule has 2 rings (SSSR count). The van der Waals surface area contributed by atoms with Gasteiger partial charge in [-0.2, -0.15) is 15.0 Å². The molecular weight excluding hydrogens is 274 g/mol. The number of nitrogen functional groups attached to an aromatic ring is 1. The van der Waals surface area contributed by atoms with E-state index >= 15 is 0 Å². The van der Waals surface area contributed by atoms with Crippen molar-refractivity contribution in [3.63, 3.8) is 0 Å². The third kappa shape index (κ3) is 3.80. The Bertz CT molecular complexity index is 570. The van der Waals surface area contributed by atoms with Crippen molar-refractivity contribution in [3.05, 3.63) is 21.9 Å². The molecule has 0 radical (unpaired) electrons. The van der Waals surface area contributed by atoms with Crippen LogP contribution in [0.25, 0.3) is 0 Å². The highest BCUT2D eigenvalue weighted by molar-refractivity contribution is 7.10. The Morgan fingerprint density at radius 1 is 1.35 bits per heavy atom. The fourth-order valence-corrected chi connectivity index (χ4v) is 2.63. The zero-order valence-corrected chi connectivity index (χ0v) is 12.7. The largest absolute Gasteiger partial charge is 0.461 e. The number of anilines is 2. The predicted molar refractivity (Wildman–Crippen MR) is 81.0 cm³/mol. The molecule has 0 aliphatic heterocycles. The van der Waals surface area contributed by atoms with E-state index in [1.807, 2.05) is 13.8 Å². The molecule has 20 heavy (non-hydrogen) atoms. The summed E-state index contributed by atoms with van der Waals surface area (Å²) < 4.78 is 5.44. The third-order valence-corrected chi connectivity index (χ3v) is 3.56. The molecule has 2 aromatic heterocycles. The van der Waals surface area contributed by atoms with Gasteiger partial charge in [-0.25, -0.2) is 0 Å². The van der Waals surface area contributed by atoms with Gasteiger partial charge in [-0.05, 0) is 37.3 Å². The van der Waals surface area contributed by atoms with Gasteiger partial charge in [0.2, 0.25) is 11.9 Å². The first kappa shape index (κ1) is 14.5. The van der Waals surface area contributed by atoms with Crippen LogP contribution < -0.4 is 15.8 Å². The van der Waals surface area contributed by atoms with Crippen molar-refractivity contribution in [1.82, 2.24) is 15.0 Å². The van der Waals surface area contributed by atoms with Gasteiger partial charge >= 0.3 is 6.01 Å². The molecule has 108 valence electrons. The molecule has 7 heteroatoms. The number of ether oxygens (including phenoxy) is 1. The molecule has 2 aromatic rings. The average Bonchev–Trinajstić information content (AvgIpc) is 2.82. The highest BCUT2D eigenvalue weighted by Gasteiger charge is 2.08. The Kier molecular flexibility index (Phi) is 4.73. The number of aromatic nitrogens is 3. The van der Waals surface area contributed by atoms with Crippen molar-refractivity contribution >= 4 is 23.2 Å². The molecule has 0 aromatic carbocycles. The molecule has 0 fully saturated rings. The van der Waals surface area contributed by atoms with Crippen LogP contribution in [0.1, 0.15) is 31.2 Å². The first-order valence-electron chi connectivity index (χ1n) is 6.55. The summed E-state index contributed by atoms with van der Waals surface area (Å²) >= 11 is 1.72. The lowest BCUT2D eigenvalue weighted by Gasteiger charge is -2.10. The van der Waals surface area contributed by atoms with Crippen molar-refractivity contribution in [2.24, 2.45) is 0 Å². The zero-order chi connectivity index (χ0) is 14.5. The fourth-order valence-electron chi connectivity index (χ4n) is 1.71. The standard InChI is InChI=1S/C13H19N5OS/c1-4-9-5-6-20-10(9)7-15-12-16-11(14)17-13(18-12)19-8(2)3/h5-6,8H,4,7H2,1-3H3,(H3,14,15,16,17,18). The van der Waals surface area contributed by atoms with Crippen LogP contribution in [0.4, 0.5) is 11.9 Å². The van der Waals surface area contributed by atoms with E-state index in [-0.39, 0.29) is 18.1 Å². The van der Waals surface area contributed by atoms with Crippen molar-refractivity contribution in [2.45, 2.75) is 39.8 Å². The van der Waals surface area contributed by atoms with E-state index in [0.717, 1.165) is 6.42 Å². The van der Waals surface area contributed by atoms with E-state index in [1.54, 1.807) is 11.3 Å². The molecule has 6 nitrogen and oxygen atoms in total. The van der Waals surface area contributed by atoms with Crippen LogP contribution in [0.3, 0.4) is 0 Å². The predicted octanol–water partition coefficient (Wildman–Crippen LogP) is 2.48. The van der Waals surface area contributed by atoms with E-state index < -0.39 is 0 Å². The maximum Gasteiger partial charge on any atom is 0.323 e. The van der Waals surface area contributed by atoms with Gasteiger partial charge in [-0.15, -0.1) is 11.3 Å². The first-order chi connectivity index (χ1) is 9.58. The molecule has 0 amide bonds. The molecule has 0 bridgehead atoms. The van der Waals surface area contributed by atoms with Gasteiger partial charge < -0.3 is 15.8 Å². The average molecular weight is 293 g/mol. The van der Waals surface area contributed by atoms with Crippen LogP contribution in [0.15, 0.2) is 11.4 Å². The van der Waals surface area contributed by atoms with Crippen molar-refractivity contribution < 1.29 is 4.74 Å². The van der Waals surface area contributed by atoms with Gasteiger partial charge in [0.05, 0.1) is 12.6 Å². The van der Waals surface area contributed by atoms with Crippen molar-refractivity contribution in [2.75, 3.05) is 11.1 Å². The first-order valence-corrected chi connectivity index (χ1v) is 7.43. The van der Waals surface area contributed by atoms with Crippen LogP contribution in [0, 0.1) is 0 Å². The maximum atomic E-state index is 5.66. The molecular formula is C13H19N5OS. The van der Waals surface area contributed by atoms with Crippen LogP contribution in [-0.2, 0) is 13.0 Å². The Balaban J connectivity index is 2.07. The normalized spacial score (nSPS) is 10.8. The monoisotopic (exact) mass is 293 g/mol. The summed E-state index contributed by atoms with van der Waals surface area (Å²) in [5.41, 5.74) is 7.00. The van der Waals surface area contributed by atoms with Gasteiger partial charge in [-0.1, -0.05) is 6.92 Å². The molecule has 0 unspecified atom stereocenters. The van der Waals surface area contributed by atoms with Crippen LogP contribution in [0.2, 0.25) is 0 Å². The maximum absolute atomic E-state index is 5.66. The minimum absolute atomic E-state index is 0.00589. The molecule has 0 spiro atoms. The van der Waals surface area contributed by atoms with Gasteiger partial charge in [-0.3, -0.25) is 0 Å². The number of thiophene rings is 1. The summed E-state index contributed by atoms with van der Waals surface area (Å²) in [6.45, 7) is 6.63. The molecule has 2 heterocycles. The smallest absolute Gasteiger partial charge is 0.323 e. The van der Waals surface area contributed by atoms with E-state index in [0.29, 0.717) is 12.5 Å². The summed E-state index contributed by atoms with van der Waals surface area (Å²) in [5, 5.41) is 5.25. The second-order valence-electron chi connectivity index (χ2n) is 4.54. The number of aryl methyl sites for hydroxylation is 1. The molecule has 0 saturated heterocycles. The SMILES string of the molecule is CCc1ccsc1CNc1nc(N)nc(OC(C)C)n1. The number of nitrogens with zero attached hydrogens (tertiary/aromatic N) is 3. The second-order valence-corrected chi connectivity index (χ2v) is 5.54. The second kappa shape index (κ2) is 6.51. The molecule has 3 N–H and O–H groups in total. The minimum atomic E-state index is -0.00589. The summed E-state index contributed by atoms with van der Waals surface area (Å²) in [4.78, 5) is 13.5. The zero-order valence-electron chi connectivity index (χ0n) is 11.9. The summed E-state index contributed by atoms with van der Waals surface area (Å²) in [6, 6.07) is 2.38. The highest BCUT2D eigenvalue weighted by Crippen LogP contribution is 2.19. The number of nitrogens with one attached hydrogen (secondary N) is 1. The molecule has 0 aliphatic rings. The summed E-state index contributed by atoms with van der Waals surface area (Å²) in [5.74, 6) is 0.587. The Hall–Kier alpha value is -1.89. The van der Waals surface area contributed by atoms with Gasteiger partial charge in [0.25, 0.3) is 0 Å². The van der Waals surface area contributed by atoms with Gasteiger partial charge in [0.15, 0.2) is 0 Å². The lowest BCUT2D eigenvalue weighted by atomic mass is 10.2. The Labute approximate surface area is 122 Å². The lowest BCUT2D eigenvalue weighted by molar-refractivity contribution is 0.222. The number of nitrogens with two attached hydrogens (primary N) is 1. The highest BCUT2D eigenvalue weighted by atomic mass is 32.1. The van der Waals surface area contributed by atoms with Gasteiger partial charge in [0.1, 0.15) is 0 Å². The van der Waals surface area contributed by atoms with Gasteiger partial charge in [0, 0.05) is 4.88 Å². The van der Waals surface area contributed by atoms with E-state index in [1.165, 1.54) is 10.4 Å². The minimum Gasteiger partial charge on any atom is -0.461 e. The number of hydrogen-bond acceptors (Lipinski definition) is 7. The fraction of sp³-hybridized carbons (Fsp3) is 0.462. The summed E-state index contributed by atoms with van der Waals surface area (Å²) in [7, 11) is 0. The third-order valence-electron chi connectivity index (χ3n) is 2.60.